The average molecular weight is 274 g/mol. The second-order valence-electron chi connectivity index (χ2n) is 3.87. The maximum atomic E-state index is 10.6. The van der Waals surface area contributed by atoms with Gasteiger partial charge in [-0.05, 0) is 5.56 Å². The van der Waals surface area contributed by atoms with Gasteiger partial charge in [0.2, 0.25) is 0 Å². The molecule has 0 spiro atoms. The average Bonchev–Trinajstić information content (AvgIpc) is 2.46. The number of benzene rings is 1. The van der Waals surface area contributed by atoms with Crippen molar-refractivity contribution in [2.24, 2.45) is 0 Å². The van der Waals surface area contributed by atoms with Crippen molar-refractivity contribution < 1.29 is 14.8 Å². The molecule has 0 fully saturated rings. The Labute approximate surface area is 113 Å². The van der Waals surface area contributed by atoms with Crippen LogP contribution in [-0.2, 0) is 6.54 Å². The van der Waals surface area contributed by atoms with Crippen LogP contribution in [0.4, 0.5) is 11.5 Å². The molecule has 102 valence electrons. The Morgan fingerprint density at radius 1 is 1.25 bits per heavy atom. The minimum atomic E-state index is -1.14. The van der Waals surface area contributed by atoms with E-state index in [1.807, 2.05) is 0 Å². The Morgan fingerprint density at radius 2 is 1.95 bits per heavy atom. The summed E-state index contributed by atoms with van der Waals surface area (Å²) in [5.74, 6) is -0.715. The quantitative estimate of drug-likeness (QED) is 0.629. The number of hydrogen-bond donors (Lipinski definition) is 2. The highest BCUT2D eigenvalue weighted by atomic mass is 16.6. The SMILES string of the molecule is O=C(O)c1cnc(NCc2ccc([N+](=O)[O-])cc2)cn1. The highest BCUT2D eigenvalue weighted by Crippen LogP contribution is 2.13. The van der Waals surface area contributed by atoms with Gasteiger partial charge in [-0.15, -0.1) is 0 Å². The van der Waals surface area contributed by atoms with E-state index in [0.717, 1.165) is 11.8 Å². The summed E-state index contributed by atoms with van der Waals surface area (Å²) in [5.41, 5.74) is 0.727. The fourth-order valence-electron chi connectivity index (χ4n) is 1.46. The van der Waals surface area contributed by atoms with Crippen LogP contribution >= 0.6 is 0 Å². The molecule has 0 amide bonds. The minimum absolute atomic E-state index is 0.0272. The molecule has 1 heterocycles. The highest BCUT2D eigenvalue weighted by molar-refractivity contribution is 5.84. The normalized spacial score (nSPS) is 10.0. The lowest BCUT2D eigenvalue weighted by molar-refractivity contribution is -0.384. The van der Waals surface area contributed by atoms with E-state index in [0.29, 0.717) is 12.4 Å². The third-order valence-electron chi connectivity index (χ3n) is 2.49. The van der Waals surface area contributed by atoms with E-state index >= 15 is 0 Å². The van der Waals surface area contributed by atoms with Crippen molar-refractivity contribution in [1.29, 1.82) is 0 Å². The summed E-state index contributed by atoms with van der Waals surface area (Å²) >= 11 is 0. The van der Waals surface area contributed by atoms with Crippen LogP contribution < -0.4 is 5.32 Å². The second-order valence-corrected chi connectivity index (χ2v) is 3.87. The number of rotatable bonds is 5. The number of aromatic carboxylic acids is 1. The van der Waals surface area contributed by atoms with Crippen molar-refractivity contribution in [1.82, 2.24) is 9.97 Å². The molecule has 2 aromatic rings. The summed E-state index contributed by atoms with van der Waals surface area (Å²) in [6, 6.07) is 6.08. The summed E-state index contributed by atoms with van der Waals surface area (Å²) in [5, 5.41) is 22.1. The summed E-state index contributed by atoms with van der Waals surface area (Å²) in [6.45, 7) is 0.402. The first kappa shape index (κ1) is 13.4. The van der Waals surface area contributed by atoms with Gasteiger partial charge in [-0.25, -0.2) is 14.8 Å². The Morgan fingerprint density at radius 3 is 2.45 bits per heavy atom. The van der Waals surface area contributed by atoms with Gasteiger partial charge in [-0.1, -0.05) is 12.1 Å². The van der Waals surface area contributed by atoms with Crippen molar-refractivity contribution >= 4 is 17.5 Å². The number of nitrogens with zero attached hydrogens (tertiary/aromatic N) is 3. The standard InChI is InChI=1S/C12H10N4O4/c17-12(18)10-6-15-11(7-13-10)14-5-8-1-3-9(4-2-8)16(19)20/h1-4,6-7H,5H2,(H,14,15)(H,17,18). The molecule has 0 atom stereocenters. The van der Waals surface area contributed by atoms with E-state index in [-0.39, 0.29) is 11.4 Å². The molecular weight excluding hydrogens is 264 g/mol. The number of aromatic nitrogens is 2. The van der Waals surface area contributed by atoms with Crippen LogP contribution in [0.2, 0.25) is 0 Å². The van der Waals surface area contributed by atoms with Gasteiger partial charge in [0.05, 0.1) is 17.3 Å². The number of carbonyl (C=O) groups is 1. The molecule has 0 saturated carbocycles. The maximum absolute atomic E-state index is 10.6. The number of carboxylic acid groups (broad SMARTS) is 1. The van der Waals surface area contributed by atoms with Crippen molar-refractivity contribution in [2.45, 2.75) is 6.54 Å². The molecule has 0 bridgehead atoms. The van der Waals surface area contributed by atoms with E-state index in [9.17, 15) is 14.9 Å². The van der Waals surface area contributed by atoms with Crippen LogP contribution in [-0.4, -0.2) is 26.0 Å². The largest absolute Gasteiger partial charge is 0.476 e. The molecule has 2 rings (SSSR count). The first-order valence-corrected chi connectivity index (χ1v) is 5.59. The lowest BCUT2D eigenvalue weighted by Gasteiger charge is -2.05. The Kier molecular flexibility index (Phi) is 3.85. The van der Waals surface area contributed by atoms with Crippen molar-refractivity contribution in [2.75, 3.05) is 5.32 Å². The molecule has 1 aromatic heterocycles. The van der Waals surface area contributed by atoms with Crippen LogP contribution in [0, 0.1) is 10.1 Å². The van der Waals surface area contributed by atoms with Gasteiger partial charge in [0, 0.05) is 18.7 Å². The predicted molar refractivity (Wildman–Crippen MR) is 69.4 cm³/mol. The Hall–Kier alpha value is -3.03. The van der Waals surface area contributed by atoms with Gasteiger partial charge < -0.3 is 10.4 Å². The molecule has 8 heteroatoms. The molecule has 0 saturated heterocycles. The molecule has 0 unspecified atom stereocenters. The Bertz CT molecular complexity index is 567. The van der Waals surface area contributed by atoms with E-state index in [1.54, 1.807) is 12.1 Å². The molecule has 0 aliphatic heterocycles. The van der Waals surface area contributed by atoms with E-state index in [1.165, 1.54) is 18.3 Å². The number of non-ortho nitro benzene ring substituents is 1. The lowest BCUT2D eigenvalue weighted by Crippen LogP contribution is -2.05. The van der Waals surface area contributed by atoms with Crippen molar-refractivity contribution in [3.8, 4) is 0 Å². The van der Waals surface area contributed by atoms with Crippen LogP contribution in [0.1, 0.15) is 16.1 Å². The van der Waals surface area contributed by atoms with E-state index in [4.69, 9.17) is 5.11 Å². The number of nitro groups is 1. The van der Waals surface area contributed by atoms with Crippen molar-refractivity contribution in [3.05, 3.63) is 58.0 Å². The first-order chi connectivity index (χ1) is 9.56. The lowest BCUT2D eigenvalue weighted by atomic mass is 10.2. The van der Waals surface area contributed by atoms with Gasteiger partial charge in [0.15, 0.2) is 5.69 Å². The zero-order valence-corrected chi connectivity index (χ0v) is 10.2. The van der Waals surface area contributed by atoms with Crippen LogP contribution in [0.15, 0.2) is 36.7 Å². The summed E-state index contributed by atoms with van der Waals surface area (Å²) in [4.78, 5) is 28.2. The highest BCUT2D eigenvalue weighted by Gasteiger charge is 2.06. The molecule has 0 radical (unpaired) electrons. The van der Waals surface area contributed by atoms with Gasteiger partial charge in [0.1, 0.15) is 5.82 Å². The maximum Gasteiger partial charge on any atom is 0.356 e. The predicted octanol–water partition coefficient (Wildman–Crippen LogP) is 1.70. The van der Waals surface area contributed by atoms with Crippen LogP contribution in [0.5, 0.6) is 0 Å². The number of anilines is 1. The number of nitro benzene ring substituents is 1. The fourth-order valence-corrected chi connectivity index (χ4v) is 1.46. The second kappa shape index (κ2) is 5.74. The van der Waals surface area contributed by atoms with Gasteiger partial charge in [0.25, 0.3) is 5.69 Å². The Balaban J connectivity index is 1.97. The fraction of sp³-hybridized carbons (Fsp3) is 0.0833. The van der Waals surface area contributed by atoms with Crippen LogP contribution in [0.3, 0.4) is 0 Å². The van der Waals surface area contributed by atoms with Gasteiger partial charge in [-0.3, -0.25) is 10.1 Å². The van der Waals surface area contributed by atoms with Crippen molar-refractivity contribution in [3.63, 3.8) is 0 Å². The molecule has 8 nitrogen and oxygen atoms in total. The van der Waals surface area contributed by atoms with E-state index in [2.05, 4.69) is 15.3 Å². The summed E-state index contributed by atoms with van der Waals surface area (Å²) in [7, 11) is 0. The van der Waals surface area contributed by atoms with Crippen LogP contribution in [0.25, 0.3) is 0 Å². The van der Waals surface area contributed by atoms with Gasteiger partial charge in [-0.2, -0.15) is 0 Å². The number of nitrogens with one attached hydrogen (secondary N) is 1. The zero-order valence-electron chi connectivity index (χ0n) is 10.2. The molecule has 20 heavy (non-hydrogen) atoms. The molecule has 2 N–H and O–H groups in total. The summed E-state index contributed by atoms with van der Waals surface area (Å²) in [6.07, 6.45) is 2.47. The number of carboxylic acids is 1. The zero-order chi connectivity index (χ0) is 14.5. The minimum Gasteiger partial charge on any atom is -0.476 e. The first-order valence-electron chi connectivity index (χ1n) is 5.59. The molecule has 0 aliphatic rings. The molecular formula is C12H10N4O4. The monoisotopic (exact) mass is 274 g/mol. The number of hydrogen-bond acceptors (Lipinski definition) is 6. The topological polar surface area (TPSA) is 118 Å². The summed E-state index contributed by atoms with van der Waals surface area (Å²) < 4.78 is 0. The van der Waals surface area contributed by atoms with Gasteiger partial charge >= 0.3 is 5.97 Å². The smallest absolute Gasteiger partial charge is 0.356 e. The van der Waals surface area contributed by atoms with E-state index < -0.39 is 10.9 Å². The third kappa shape index (κ3) is 3.25. The molecule has 0 aliphatic carbocycles. The molecule has 1 aromatic carbocycles. The third-order valence-corrected chi connectivity index (χ3v) is 2.49.